The highest BCUT2D eigenvalue weighted by atomic mass is 31.2. The Labute approximate surface area is 222 Å². The normalized spacial score (nSPS) is 26.3. The number of aliphatic imine (C=N–C) groups is 1. The quantitative estimate of drug-likeness (QED) is 0.248. The van der Waals surface area contributed by atoms with Crippen LogP contribution in [-0.4, -0.2) is 62.7 Å². The summed E-state index contributed by atoms with van der Waals surface area (Å²) in [6.07, 6.45) is -6.69. The van der Waals surface area contributed by atoms with Crippen LogP contribution < -0.4 is 15.8 Å². The lowest BCUT2D eigenvalue weighted by atomic mass is 9.96. The minimum atomic E-state index is -4.35. The third-order valence-corrected chi connectivity index (χ3v) is 7.22. The summed E-state index contributed by atoms with van der Waals surface area (Å²) >= 11 is 0. The third kappa shape index (κ3) is 7.07. The molecule has 1 aromatic heterocycles. The second-order valence-electron chi connectivity index (χ2n) is 9.37. The molecule has 7 atom stereocenters. The molecular formula is C24H30F2N3O9P. The van der Waals surface area contributed by atoms with Crippen LogP contribution in [0.25, 0.3) is 0 Å². The molecule has 0 aliphatic carbocycles. The fourth-order valence-electron chi connectivity index (χ4n) is 3.73. The molecule has 0 amide bonds. The number of aliphatic hydroxyl groups is 1. The number of aromatic nitrogens is 2. The van der Waals surface area contributed by atoms with E-state index in [1.807, 2.05) is 0 Å². The molecule has 0 spiro atoms. The van der Waals surface area contributed by atoms with Crippen molar-refractivity contribution < 1.29 is 41.8 Å². The van der Waals surface area contributed by atoms with Crippen molar-refractivity contribution in [3.05, 3.63) is 63.2 Å². The molecule has 1 saturated heterocycles. The van der Waals surface area contributed by atoms with E-state index in [0.717, 1.165) is 12.9 Å². The Morgan fingerprint density at radius 2 is 1.90 bits per heavy atom. The van der Waals surface area contributed by atoms with E-state index in [0.29, 0.717) is 10.8 Å². The Balaban J connectivity index is 1.89. The van der Waals surface area contributed by atoms with Crippen molar-refractivity contribution in [1.29, 1.82) is 0 Å². The van der Waals surface area contributed by atoms with Gasteiger partial charge in [-0.3, -0.25) is 23.9 Å². The Morgan fingerprint density at radius 1 is 1.26 bits per heavy atom. The molecule has 2 unspecified atom stereocenters. The molecule has 1 aliphatic heterocycles. The number of halogens is 2. The van der Waals surface area contributed by atoms with Gasteiger partial charge in [-0.1, -0.05) is 18.2 Å². The predicted octanol–water partition coefficient (Wildman–Crippen LogP) is 2.71. The van der Waals surface area contributed by atoms with Crippen molar-refractivity contribution in [1.82, 2.24) is 9.55 Å². The summed E-state index contributed by atoms with van der Waals surface area (Å²) < 4.78 is 65.5. The second-order valence-corrected chi connectivity index (χ2v) is 11.1. The van der Waals surface area contributed by atoms with Gasteiger partial charge in [-0.25, -0.2) is 18.5 Å². The Kier molecular flexibility index (Phi) is 9.27. The molecule has 1 aliphatic rings. The van der Waals surface area contributed by atoms with Crippen LogP contribution in [0.15, 0.2) is 51.1 Å². The Bertz CT molecular complexity index is 1360. The lowest BCUT2D eigenvalue weighted by Crippen LogP contribution is -2.45. The monoisotopic (exact) mass is 573 g/mol. The molecule has 0 saturated carbocycles. The summed E-state index contributed by atoms with van der Waals surface area (Å²) in [6.45, 7) is 6.91. The zero-order valence-corrected chi connectivity index (χ0v) is 22.7. The van der Waals surface area contributed by atoms with Crippen molar-refractivity contribution in [3.63, 3.8) is 0 Å². The van der Waals surface area contributed by atoms with Gasteiger partial charge in [0.15, 0.2) is 11.9 Å². The topological polar surface area (TPSA) is 159 Å². The number of esters is 1. The van der Waals surface area contributed by atoms with E-state index in [1.54, 1.807) is 37.0 Å². The number of H-pyrrole nitrogens is 1. The molecule has 1 aromatic carbocycles. The standard InChI is InChI=1S/C24H30F2N3O9P/c1-13(2)35-21(32)14(3)27-12-39(34,38-16-9-7-6-8-10-16)37-15(4)18-19(30)24(5,26)22(36-18)29-11-17(25)20(31)28-23(29)33/h6-15,18-19,22,30H,1-5H3,(H,28,31,33)/t14-,15+,18+,19-,22+,24?,39?/m0/s1. The van der Waals surface area contributed by atoms with E-state index in [-0.39, 0.29) is 5.75 Å². The minimum absolute atomic E-state index is 0.119. The lowest BCUT2D eigenvalue weighted by Gasteiger charge is -2.26. The average Bonchev–Trinajstić information content (AvgIpc) is 3.08. The van der Waals surface area contributed by atoms with Crippen LogP contribution in [0.2, 0.25) is 0 Å². The van der Waals surface area contributed by atoms with E-state index in [4.69, 9.17) is 18.5 Å². The summed E-state index contributed by atoms with van der Waals surface area (Å²) in [6, 6.07) is 6.79. The summed E-state index contributed by atoms with van der Waals surface area (Å²) in [5, 5.41) is 10.7. The smallest absolute Gasteiger partial charge is 0.421 e. The minimum Gasteiger partial charge on any atom is -0.461 e. The van der Waals surface area contributed by atoms with Crippen molar-refractivity contribution >= 4 is 19.5 Å². The molecular weight excluding hydrogens is 543 g/mol. The first-order valence-corrected chi connectivity index (χ1v) is 13.6. The fourth-order valence-corrected chi connectivity index (χ4v) is 5.24. The zero-order chi connectivity index (χ0) is 29.1. The van der Waals surface area contributed by atoms with E-state index in [2.05, 4.69) is 4.99 Å². The first kappa shape index (κ1) is 30.4. The van der Waals surface area contributed by atoms with Crippen LogP contribution >= 0.6 is 7.60 Å². The summed E-state index contributed by atoms with van der Waals surface area (Å²) in [5.41, 5.74) is -5.16. The maximum atomic E-state index is 15.6. The lowest BCUT2D eigenvalue weighted by molar-refractivity contribution is -0.148. The van der Waals surface area contributed by atoms with E-state index >= 15 is 4.39 Å². The van der Waals surface area contributed by atoms with Crippen LogP contribution in [0.4, 0.5) is 8.78 Å². The number of benzene rings is 1. The van der Waals surface area contributed by atoms with Crippen LogP contribution in [0.5, 0.6) is 5.75 Å². The average molecular weight is 573 g/mol. The van der Waals surface area contributed by atoms with Crippen LogP contribution in [0.3, 0.4) is 0 Å². The largest absolute Gasteiger partial charge is 0.461 e. The van der Waals surface area contributed by atoms with E-state index in [9.17, 15) is 28.4 Å². The summed E-state index contributed by atoms with van der Waals surface area (Å²) in [5.74, 6) is -1.14. The van der Waals surface area contributed by atoms with Gasteiger partial charge in [0, 0.05) is 0 Å². The molecule has 2 aromatic rings. The van der Waals surface area contributed by atoms with Gasteiger partial charge in [0.05, 0.1) is 18.4 Å². The molecule has 3 rings (SSSR count). The first-order chi connectivity index (χ1) is 18.1. The van der Waals surface area contributed by atoms with Gasteiger partial charge < -0.3 is 19.1 Å². The number of carbonyl (C=O) groups is 1. The molecule has 2 heterocycles. The van der Waals surface area contributed by atoms with Crippen LogP contribution in [-0.2, 0) is 23.4 Å². The molecule has 214 valence electrons. The number of nitrogens with zero attached hydrogens (tertiary/aromatic N) is 2. The number of rotatable bonds is 10. The molecule has 0 radical (unpaired) electrons. The van der Waals surface area contributed by atoms with Crippen molar-refractivity contribution in [2.75, 3.05) is 0 Å². The second kappa shape index (κ2) is 11.9. The molecule has 2 N–H and O–H groups in total. The molecule has 15 heteroatoms. The predicted molar refractivity (Wildman–Crippen MR) is 135 cm³/mol. The highest BCUT2D eigenvalue weighted by Gasteiger charge is 2.57. The third-order valence-electron chi connectivity index (χ3n) is 5.71. The Hall–Kier alpha value is -3.19. The molecule has 0 bridgehead atoms. The number of aliphatic hydroxyl groups excluding tert-OH is 1. The van der Waals surface area contributed by atoms with Crippen molar-refractivity contribution in [2.45, 2.75) is 77.0 Å². The zero-order valence-electron chi connectivity index (χ0n) is 21.8. The van der Waals surface area contributed by atoms with E-state index in [1.165, 1.54) is 26.0 Å². The number of hydrogen-bond donors (Lipinski definition) is 2. The maximum Gasteiger partial charge on any atom is 0.421 e. The number of alkyl halides is 1. The van der Waals surface area contributed by atoms with E-state index < -0.39 is 73.0 Å². The molecule has 39 heavy (non-hydrogen) atoms. The van der Waals surface area contributed by atoms with Crippen LogP contribution in [0.1, 0.15) is 40.8 Å². The number of hydrogen-bond acceptors (Lipinski definition) is 10. The Morgan fingerprint density at radius 3 is 2.51 bits per heavy atom. The summed E-state index contributed by atoms with van der Waals surface area (Å²) in [4.78, 5) is 41.4. The number of para-hydroxylation sites is 1. The SMILES string of the molecule is CC(C)OC(=O)[C@H](C)N=CP(=O)(Oc1ccccc1)O[C@H](C)[C@H]1O[C@@H](n2cc(F)c(=O)[nH]c2=O)C(C)(F)[C@H]1O. The fraction of sp³-hybridized carbons (Fsp3) is 0.500. The van der Waals surface area contributed by atoms with Crippen molar-refractivity contribution in [3.8, 4) is 5.75 Å². The van der Waals surface area contributed by atoms with Gasteiger partial charge in [-0.15, -0.1) is 0 Å². The van der Waals surface area contributed by atoms with Gasteiger partial charge in [-0.2, -0.15) is 4.39 Å². The highest BCUT2D eigenvalue weighted by molar-refractivity contribution is 7.70. The summed E-state index contributed by atoms with van der Waals surface area (Å²) in [7, 11) is -4.35. The maximum absolute atomic E-state index is 15.6. The molecule has 12 nitrogen and oxygen atoms in total. The van der Waals surface area contributed by atoms with Gasteiger partial charge in [0.2, 0.25) is 5.82 Å². The number of ether oxygens (including phenoxy) is 2. The highest BCUT2D eigenvalue weighted by Crippen LogP contribution is 2.50. The number of aromatic amines is 1. The first-order valence-electron chi connectivity index (χ1n) is 12.0. The molecule has 1 fully saturated rings. The van der Waals surface area contributed by atoms with Crippen LogP contribution in [0, 0.1) is 5.82 Å². The number of nitrogens with one attached hydrogen (secondary N) is 1. The van der Waals surface area contributed by atoms with Gasteiger partial charge in [0.25, 0.3) is 5.56 Å². The van der Waals surface area contributed by atoms with Gasteiger partial charge in [0.1, 0.15) is 30.0 Å². The van der Waals surface area contributed by atoms with Gasteiger partial charge >= 0.3 is 19.3 Å². The van der Waals surface area contributed by atoms with Crippen molar-refractivity contribution in [2.24, 2.45) is 4.99 Å². The number of carbonyl (C=O) groups excluding carboxylic acids is 1. The van der Waals surface area contributed by atoms with Gasteiger partial charge in [-0.05, 0) is 46.8 Å².